The normalized spacial score (nSPS) is 15.1. The molecule has 0 spiro atoms. The molecule has 25 heavy (non-hydrogen) atoms. The minimum absolute atomic E-state index is 0.158. The fourth-order valence-electron chi connectivity index (χ4n) is 2.47. The van der Waals surface area contributed by atoms with Crippen molar-refractivity contribution < 1.29 is 12.8 Å². The fourth-order valence-corrected chi connectivity index (χ4v) is 5.02. The van der Waals surface area contributed by atoms with Gasteiger partial charge in [-0.1, -0.05) is 30.2 Å². The molecule has 3 aromatic rings. The summed E-state index contributed by atoms with van der Waals surface area (Å²) in [6.45, 7) is 0. The van der Waals surface area contributed by atoms with E-state index in [0.29, 0.717) is 33.3 Å². The molecule has 1 aliphatic rings. The molecule has 9 heteroatoms. The highest BCUT2D eigenvalue weighted by molar-refractivity contribution is 7.94. The Labute approximate surface area is 153 Å². The number of aromatic nitrogens is 2. The smallest absolute Gasteiger partial charge is 0.271 e. The molecule has 2 heterocycles. The van der Waals surface area contributed by atoms with Gasteiger partial charge in [-0.05, 0) is 37.1 Å². The van der Waals surface area contributed by atoms with Crippen LogP contribution in [0.15, 0.2) is 45.0 Å². The second-order valence-electron chi connectivity index (χ2n) is 5.78. The lowest BCUT2D eigenvalue weighted by Gasteiger charge is -2.20. The summed E-state index contributed by atoms with van der Waals surface area (Å²) in [5.74, 6) is 1.32. The summed E-state index contributed by atoms with van der Waals surface area (Å²) in [4.78, 5) is 0.623. The first-order valence-corrected chi connectivity index (χ1v) is 10.4. The van der Waals surface area contributed by atoms with E-state index >= 15 is 0 Å². The molecule has 0 aliphatic heterocycles. The highest BCUT2D eigenvalue weighted by atomic mass is 35.5. The molecule has 0 atom stereocenters. The van der Waals surface area contributed by atoms with Crippen LogP contribution in [0.3, 0.4) is 0 Å². The molecule has 4 rings (SSSR count). The van der Waals surface area contributed by atoms with Crippen LogP contribution in [0.5, 0.6) is 0 Å². The van der Waals surface area contributed by atoms with Gasteiger partial charge in [-0.3, -0.25) is 4.72 Å². The van der Waals surface area contributed by atoms with Crippen molar-refractivity contribution in [2.24, 2.45) is 0 Å². The molecule has 2 aromatic heterocycles. The second-order valence-corrected chi connectivity index (χ2v) is 9.18. The van der Waals surface area contributed by atoms with Crippen molar-refractivity contribution in [3.8, 4) is 10.8 Å². The summed E-state index contributed by atoms with van der Waals surface area (Å²) in [6.07, 6.45) is 3.30. The van der Waals surface area contributed by atoms with E-state index in [-0.39, 0.29) is 4.21 Å². The van der Waals surface area contributed by atoms with E-state index in [2.05, 4.69) is 14.9 Å². The van der Waals surface area contributed by atoms with Crippen LogP contribution < -0.4 is 4.72 Å². The van der Waals surface area contributed by atoms with E-state index < -0.39 is 10.0 Å². The van der Waals surface area contributed by atoms with Crippen molar-refractivity contribution in [1.82, 2.24) is 10.2 Å². The lowest BCUT2D eigenvalue weighted by Crippen LogP contribution is -2.11. The first kappa shape index (κ1) is 16.6. The Morgan fingerprint density at radius 2 is 1.96 bits per heavy atom. The number of benzene rings is 1. The maximum absolute atomic E-state index is 12.5. The average molecular weight is 396 g/mol. The quantitative estimate of drug-likeness (QED) is 0.686. The van der Waals surface area contributed by atoms with Crippen molar-refractivity contribution in [3.05, 3.63) is 47.3 Å². The third-order valence-electron chi connectivity index (χ3n) is 4.07. The molecule has 0 saturated heterocycles. The molecule has 1 aromatic carbocycles. The maximum atomic E-state index is 12.5. The van der Waals surface area contributed by atoms with Gasteiger partial charge in [0.05, 0.1) is 15.6 Å². The molecule has 0 amide bonds. The third-order valence-corrected chi connectivity index (χ3v) is 7.33. The fraction of sp³-hybridized carbons (Fsp3) is 0.250. The van der Waals surface area contributed by atoms with Crippen molar-refractivity contribution in [2.75, 3.05) is 4.72 Å². The number of halogens is 1. The number of thiophene rings is 1. The number of rotatable bonds is 5. The van der Waals surface area contributed by atoms with Crippen LogP contribution in [0.25, 0.3) is 10.8 Å². The SMILES string of the molecule is O=S(=O)(Nc1ccccc1Cl)c1ccc(-c2nnc(C3CCC3)o2)s1. The zero-order valence-electron chi connectivity index (χ0n) is 13.0. The Hall–Kier alpha value is -1.90. The standard InChI is InChI=1S/C16H14ClN3O3S2/c17-11-6-1-2-7-12(11)20-25(21,22)14-9-8-13(24-14)16-19-18-15(23-16)10-4-3-5-10/h1-2,6-10,20H,3-5H2. The minimum Gasteiger partial charge on any atom is -0.420 e. The molecular weight excluding hydrogens is 382 g/mol. The van der Waals surface area contributed by atoms with Gasteiger partial charge in [0.25, 0.3) is 15.9 Å². The van der Waals surface area contributed by atoms with Gasteiger partial charge in [0.1, 0.15) is 4.21 Å². The Bertz CT molecular complexity index is 1010. The van der Waals surface area contributed by atoms with Crippen LogP contribution in [-0.4, -0.2) is 18.6 Å². The first-order valence-electron chi connectivity index (χ1n) is 7.74. The van der Waals surface area contributed by atoms with E-state index in [1.165, 1.54) is 12.5 Å². The maximum Gasteiger partial charge on any atom is 0.271 e. The number of hydrogen-bond acceptors (Lipinski definition) is 6. The van der Waals surface area contributed by atoms with E-state index in [1.807, 2.05) is 0 Å². The summed E-state index contributed by atoms with van der Waals surface area (Å²) in [5, 5.41) is 8.45. The van der Waals surface area contributed by atoms with Gasteiger partial charge < -0.3 is 4.42 Å². The number of nitrogens with one attached hydrogen (secondary N) is 1. The molecule has 1 N–H and O–H groups in total. The average Bonchev–Trinajstić information content (AvgIpc) is 3.17. The van der Waals surface area contributed by atoms with Crippen molar-refractivity contribution in [3.63, 3.8) is 0 Å². The number of sulfonamides is 1. The zero-order chi connectivity index (χ0) is 17.4. The van der Waals surface area contributed by atoms with Gasteiger partial charge in [-0.2, -0.15) is 0 Å². The van der Waals surface area contributed by atoms with Crippen molar-refractivity contribution in [1.29, 1.82) is 0 Å². The van der Waals surface area contributed by atoms with Crippen molar-refractivity contribution in [2.45, 2.75) is 29.4 Å². The number of anilines is 1. The third kappa shape index (κ3) is 3.29. The van der Waals surface area contributed by atoms with Gasteiger partial charge in [0.2, 0.25) is 5.89 Å². The number of nitrogens with zero attached hydrogens (tertiary/aromatic N) is 2. The number of hydrogen-bond donors (Lipinski definition) is 1. The number of para-hydroxylation sites is 1. The lowest BCUT2D eigenvalue weighted by atomic mass is 9.85. The van der Waals surface area contributed by atoms with Crippen molar-refractivity contribution >= 4 is 38.6 Å². The summed E-state index contributed by atoms with van der Waals surface area (Å²) in [6, 6.07) is 9.87. The molecular formula is C16H14ClN3O3S2. The Morgan fingerprint density at radius 1 is 1.16 bits per heavy atom. The van der Waals surface area contributed by atoms with Crippen LogP contribution in [0.4, 0.5) is 5.69 Å². The molecule has 0 bridgehead atoms. The molecule has 1 saturated carbocycles. The molecule has 130 valence electrons. The summed E-state index contributed by atoms with van der Waals surface area (Å²) in [7, 11) is -3.73. The monoisotopic (exact) mass is 395 g/mol. The van der Waals surface area contributed by atoms with Gasteiger partial charge in [0.15, 0.2) is 0 Å². The molecule has 1 aliphatic carbocycles. The van der Waals surface area contributed by atoms with Crippen LogP contribution >= 0.6 is 22.9 Å². The predicted octanol–water partition coefficient (Wildman–Crippen LogP) is 4.52. The largest absolute Gasteiger partial charge is 0.420 e. The minimum atomic E-state index is -3.73. The summed E-state index contributed by atoms with van der Waals surface area (Å²) < 4.78 is 33.4. The van der Waals surface area contributed by atoms with Gasteiger partial charge >= 0.3 is 0 Å². The molecule has 1 fully saturated rings. The lowest BCUT2D eigenvalue weighted by molar-refractivity contribution is 0.338. The highest BCUT2D eigenvalue weighted by Gasteiger charge is 2.26. The first-order chi connectivity index (χ1) is 12.0. The van der Waals surface area contributed by atoms with E-state index in [9.17, 15) is 8.42 Å². The molecule has 0 radical (unpaired) electrons. The van der Waals surface area contributed by atoms with Gasteiger partial charge in [-0.25, -0.2) is 8.42 Å². The van der Waals surface area contributed by atoms with Gasteiger partial charge in [0, 0.05) is 5.92 Å². The Kier molecular flexibility index (Phi) is 4.26. The predicted molar refractivity (Wildman–Crippen MR) is 96.5 cm³/mol. The second kappa shape index (κ2) is 6.44. The van der Waals surface area contributed by atoms with Crippen LogP contribution in [-0.2, 0) is 10.0 Å². The summed E-state index contributed by atoms with van der Waals surface area (Å²) >= 11 is 7.09. The Balaban J connectivity index is 1.57. The summed E-state index contributed by atoms with van der Waals surface area (Å²) in [5.41, 5.74) is 0.337. The molecule has 6 nitrogen and oxygen atoms in total. The van der Waals surface area contributed by atoms with Crippen LogP contribution in [0.1, 0.15) is 31.1 Å². The highest BCUT2D eigenvalue weighted by Crippen LogP contribution is 2.38. The van der Waals surface area contributed by atoms with E-state index in [4.69, 9.17) is 16.0 Å². The van der Waals surface area contributed by atoms with E-state index in [0.717, 1.165) is 24.2 Å². The topological polar surface area (TPSA) is 85.1 Å². The van der Waals surface area contributed by atoms with E-state index in [1.54, 1.807) is 30.3 Å². The van der Waals surface area contributed by atoms with Crippen LogP contribution in [0, 0.1) is 0 Å². The van der Waals surface area contributed by atoms with Gasteiger partial charge in [-0.15, -0.1) is 21.5 Å². The molecule has 0 unspecified atom stereocenters. The zero-order valence-corrected chi connectivity index (χ0v) is 15.4. The van der Waals surface area contributed by atoms with Crippen LogP contribution in [0.2, 0.25) is 5.02 Å². The Morgan fingerprint density at radius 3 is 2.68 bits per heavy atom.